The minimum absolute atomic E-state index is 0.515. The van der Waals surface area contributed by atoms with Gasteiger partial charge in [0.25, 0.3) is 0 Å². The number of thiocarbonyl (C=S) groups is 1. The molecule has 2 aromatic rings. The normalized spacial score (nSPS) is 10.2. The van der Waals surface area contributed by atoms with E-state index in [9.17, 15) is 0 Å². The summed E-state index contributed by atoms with van der Waals surface area (Å²) in [4.78, 5) is 0.515. The third-order valence-corrected chi connectivity index (χ3v) is 3.17. The van der Waals surface area contributed by atoms with Gasteiger partial charge in [0.15, 0.2) is 0 Å². The Hall–Kier alpha value is -1.87. The summed E-state index contributed by atoms with van der Waals surface area (Å²) in [7, 11) is 0. The van der Waals surface area contributed by atoms with E-state index in [0.717, 1.165) is 30.8 Å². The van der Waals surface area contributed by atoms with Crippen LogP contribution in [0.1, 0.15) is 17.5 Å². The van der Waals surface area contributed by atoms with E-state index in [2.05, 4.69) is 24.3 Å². The van der Waals surface area contributed by atoms with Crippen LogP contribution in [-0.4, -0.2) is 11.6 Å². The molecule has 0 saturated carbocycles. The Morgan fingerprint density at radius 2 is 1.65 bits per heavy atom. The molecule has 0 spiro atoms. The molecule has 2 nitrogen and oxygen atoms in total. The molecule has 0 saturated heterocycles. The lowest BCUT2D eigenvalue weighted by Crippen LogP contribution is -2.10. The number of rotatable bonds is 7. The van der Waals surface area contributed by atoms with Crippen molar-refractivity contribution in [3.05, 3.63) is 65.7 Å². The van der Waals surface area contributed by atoms with Crippen molar-refractivity contribution in [3.8, 4) is 5.75 Å². The van der Waals surface area contributed by atoms with Crippen LogP contribution < -0.4 is 10.5 Å². The van der Waals surface area contributed by atoms with Crippen molar-refractivity contribution in [2.24, 2.45) is 5.73 Å². The van der Waals surface area contributed by atoms with Gasteiger partial charge in [-0.1, -0.05) is 54.7 Å². The van der Waals surface area contributed by atoms with Gasteiger partial charge in [0.2, 0.25) is 0 Å². The molecule has 2 aromatic carbocycles. The number of hydrogen-bond donors (Lipinski definition) is 1. The Morgan fingerprint density at radius 1 is 0.950 bits per heavy atom. The quantitative estimate of drug-likeness (QED) is 0.624. The summed E-state index contributed by atoms with van der Waals surface area (Å²) in [6.07, 6.45) is 2.70. The summed E-state index contributed by atoms with van der Waals surface area (Å²) in [5, 5.41) is 0. The first-order valence-corrected chi connectivity index (χ1v) is 7.19. The fraction of sp³-hybridized carbons (Fsp3) is 0.235. The molecule has 2 N–H and O–H groups in total. The highest BCUT2D eigenvalue weighted by atomic mass is 32.1. The number of benzene rings is 2. The first-order valence-electron chi connectivity index (χ1n) is 6.78. The van der Waals surface area contributed by atoms with Crippen molar-refractivity contribution < 1.29 is 4.74 Å². The van der Waals surface area contributed by atoms with E-state index in [1.54, 1.807) is 0 Å². The van der Waals surface area contributed by atoms with E-state index in [1.165, 1.54) is 5.56 Å². The first kappa shape index (κ1) is 14.5. The van der Waals surface area contributed by atoms with Crippen LogP contribution in [0.2, 0.25) is 0 Å². The second-order valence-corrected chi connectivity index (χ2v) is 5.25. The lowest BCUT2D eigenvalue weighted by Gasteiger charge is -2.07. The smallest absolute Gasteiger partial charge is 0.119 e. The molecule has 104 valence electrons. The van der Waals surface area contributed by atoms with E-state index < -0.39 is 0 Å². The van der Waals surface area contributed by atoms with Crippen molar-refractivity contribution in [2.45, 2.75) is 19.3 Å². The van der Waals surface area contributed by atoms with Gasteiger partial charge in [0.05, 0.1) is 11.6 Å². The molecular formula is C17H19NOS. The Bertz CT molecular complexity index is 537. The van der Waals surface area contributed by atoms with Crippen LogP contribution in [-0.2, 0) is 12.8 Å². The van der Waals surface area contributed by atoms with E-state index in [-0.39, 0.29) is 0 Å². The zero-order chi connectivity index (χ0) is 14.2. The summed E-state index contributed by atoms with van der Waals surface area (Å²) in [6, 6.07) is 18.4. The molecule has 0 aliphatic carbocycles. The Balaban J connectivity index is 1.73. The third-order valence-electron chi connectivity index (χ3n) is 3.02. The van der Waals surface area contributed by atoms with Gasteiger partial charge in [0, 0.05) is 6.42 Å². The number of hydrogen-bond acceptors (Lipinski definition) is 2. The van der Waals surface area contributed by atoms with Crippen molar-refractivity contribution in [1.29, 1.82) is 0 Å². The largest absolute Gasteiger partial charge is 0.494 e. The molecule has 0 aliphatic rings. The first-order chi connectivity index (χ1) is 9.74. The molecule has 0 unspecified atom stereocenters. The highest BCUT2D eigenvalue weighted by Gasteiger charge is 1.98. The lowest BCUT2D eigenvalue weighted by atomic mass is 10.1. The van der Waals surface area contributed by atoms with E-state index in [0.29, 0.717) is 11.4 Å². The minimum atomic E-state index is 0.515. The van der Waals surface area contributed by atoms with Gasteiger partial charge in [-0.25, -0.2) is 0 Å². The molecule has 0 aromatic heterocycles. The van der Waals surface area contributed by atoms with Gasteiger partial charge in [0.1, 0.15) is 5.75 Å². The van der Waals surface area contributed by atoms with E-state index in [4.69, 9.17) is 22.7 Å². The summed E-state index contributed by atoms with van der Waals surface area (Å²) < 4.78 is 5.72. The maximum atomic E-state index is 5.72. The van der Waals surface area contributed by atoms with Crippen molar-refractivity contribution in [2.75, 3.05) is 6.61 Å². The molecule has 0 bridgehead atoms. The summed E-state index contributed by atoms with van der Waals surface area (Å²) in [5.41, 5.74) is 7.99. The molecule has 0 radical (unpaired) electrons. The average Bonchev–Trinajstić information content (AvgIpc) is 2.46. The lowest BCUT2D eigenvalue weighted by molar-refractivity contribution is 0.311. The summed E-state index contributed by atoms with van der Waals surface area (Å²) >= 11 is 4.89. The summed E-state index contributed by atoms with van der Waals surface area (Å²) in [6.45, 7) is 0.726. The third kappa shape index (κ3) is 5.02. The second kappa shape index (κ2) is 7.65. The average molecular weight is 285 g/mol. The minimum Gasteiger partial charge on any atom is -0.494 e. The fourth-order valence-corrected chi connectivity index (χ4v) is 2.18. The Morgan fingerprint density at radius 3 is 2.30 bits per heavy atom. The Labute approximate surface area is 125 Å². The van der Waals surface area contributed by atoms with Gasteiger partial charge >= 0.3 is 0 Å². The number of nitrogens with two attached hydrogens (primary N) is 1. The fourth-order valence-electron chi connectivity index (χ4n) is 2.02. The highest BCUT2D eigenvalue weighted by Crippen LogP contribution is 2.13. The topological polar surface area (TPSA) is 35.2 Å². The predicted octanol–water partition coefficient (Wildman–Crippen LogP) is 3.53. The highest BCUT2D eigenvalue weighted by molar-refractivity contribution is 7.80. The second-order valence-electron chi connectivity index (χ2n) is 4.72. The molecule has 20 heavy (non-hydrogen) atoms. The molecule has 0 amide bonds. The van der Waals surface area contributed by atoms with Crippen LogP contribution in [0.3, 0.4) is 0 Å². The summed E-state index contributed by atoms with van der Waals surface area (Å²) in [5.74, 6) is 0.893. The van der Waals surface area contributed by atoms with Gasteiger partial charge in [-0.05, 0) is 36.1 Å². The van der Waals surface area contributed by atoms with Crippen LogP contribution in [0.4, 0.5) is 0 Å². The Kier molecular flexibility index (Phi) is 5.56. The van der Waals surface area contributed by atoms with Crippen molar-refractivity contribution in [1.82, 2.24) is 0 Å². The monoisotopic (exact) mass is 285 g/mol. The van der Waals surface area contributed by atoms with Crippen LogP contribution in [0.5, 0.6) is 5.75 Å². The standard InChI is InChI=1S/C17H19NOS/c18-17(20)13-15-8-10-16(11-9-15)19-12-4-7-14-5-2-1-3-6-14/h1-3,5-6,8-11H,4,7,12-13H2,(H2,18,20). The number of aryl methyl sites for hydroxylation is 1. The molecule has 0 heterocycles. The van der Waals surface area contributed by atoms with Crippen molar-refractivity contribution >= 4 is 17.2 Å². The molecule has 0 atom stereocenters. The van der Waals surface area contributed by atoms with E-state index >= 15 is 0 Å². The molecular weight excluding hydrogens is 266 g/mol. The molecule has 2 rings (SSSR count). The van der Waals surface area contributed by atoms with Crippen LogP contribution in [0.25, 0.3) is 0 Å². The number of ether oxygens (including phenoxy) is 1. The maximum absolute atomic E-state index is 5.72. The van der Waals surface area contributed by atoms with Crippen LogP contribution in [0, 0.1) is 0 Å². The van der Waals surface area contributed by atoms with Crippen molar-refractivity contribution in [3.63, 3.8) is 0 Å². The predicted molar refractivity (Wildman–Crippen MR) is 87.2 cm³/mol. The van der Waals surface area contributed by atoms with Gasteiger partial charge in [-0.2, -0.15) is 0 Å². The molecule has 0 aliphatic heterocycles. The van der Waals surface area contributed by atoms with Crippen LogP contribution >= 0.6 is 12.2 Å². The SMILES string of the molecule is NC(=S)Cc1ccc(OCCCc2ccccc2)cc1. The molecule has 0 fully saturated rings. The zero-order valence-electron chi connectivity index (χ0n) is 11.4. The van der Waals surface area contributed by atoms with E-state index in [1.807, 2.05) is 30.3 Å². The van der Waals surface area contributed by atoms with Crippen LogP contribution in [0.15, 0.2) is 54.6 Å². The van der Waals surface area contributed by atoms with Gasteiger partial charge in [-0.3, -0.25) is 0 Å². The van der Waals surface area contributed by atoms with Gasteiger partial charge < -0.3 is 10.5 Å². The maximum Gasteiger partial charge on any atom is 0.119 e. The molecule has 3 heteroatoms. The zero-order valence-corrected chi connectivity index (χ0v) is 12.2. The van der Waals surface area contributed by atoms with Gasteiger partial charge in [-0.15, -0.1) is 0 Å².